The van der Waals surface area contributed by atoms with E-state index in [1.165, 1.54) is 71.3 Å². The maximum absolute atomic E-state index is 11.4. The molecule has 0 saturated heterocycles. The first-order chi connectivity index (χ1) is 25.5. The van der Waals surface area contributed by atoms with Crippen molar-refractivity contribution in [1.82, 2.24) is 4.57 Å². The predicted octanol–water partition coefficient (Wildman–Crippen LogP) is 13.0. The molecule has 7 aromatic rings. The first-order valence-corrected chi connectivity index (χ1v) is 18.9. The van der Waals surface area contributed by atoms with Gasteiger partial charge in [-0.15, -0.1) is 11.3 Å². The van der Waals surface area contributed by atoms with Gasteiger partial charge in [-0.1, -0.05) is 99.7 Å². The topological polar surface area (TPSA) is 69.3 Å². The molecule has 0 aliphatic carbocycles. The minimum Gasteiger partial charge on any atom is -0.477 e. The number of aryl methyl sites for hydroxylation is 1. The molecule has 6 heteroatoms. The van der Waals surface area contributed by atoms with Crippen LogP contribution in [0.25, 0.3) is 49.4 Å². The molecule has 2 aromatic heterocycles. The second-order valence-electron chi connectivity index (χ2n) is 13.1. The van der Waals surface area contributed by atoms with Crippen LogP contribution in [0.2, 0.25) is 0 Å². The number of hydrogen-bond acceptors (Lipinski definition) is 4. The van der Waals surface area contributed by atoms with Gasteiger partial charge >= 0.3 is 5.97 Å². The SMILES string of the molecule is CCCCCCCCn1c2ccc(-c3ccc(N(c4ccccc4)c4ccccc4)cc3)cc2c2cc(-c3ccc(/C=C(/C#N)C(=O)O)s3)ccc21. The molecule has 0 bridgehead atoms. The maximum Gasteiger partial charge on any atom is 0.346 e. The Morgan fingerprint density at radius 3 is 1.87 bits per heavy atom. The van der Waals surface area contributed by atoms with Crippen molar-refractivity contribution in [3.8, 4) is 27.6 Å². The second-order valence-corrected chi connectivity index (χ2v) is 14.2. The molecular weight excluding hydrogens is 659 g/mol. The van der Waals surface area contributed by atoms with Crippen molar-refractivity contribution in [2.75, 3.05) is 4.90 Å². The van der Waals surface area contributed by atoms with E-state index in [0.29, 0.717) is 0 Å². The van der Waals surface area contributed by atoms with E-state index < -0.39 is 5.97 Å². The van der Waals surface area contributed by atoms with Crippen LogP contribution in [0, 0.1) is 11.3 Å². The monoisotopic (exact) mass is 699 g/mol. The van der Waals surface area contributed by atoms with E-state index in [1.807, 2.05) is 24.3 Å². The van der Waals surface area contributed by atoms with E-state index in [0.717, 1.165) is 56.5 Å². The van der Waals surface area contributed by atoms with Crippen LogP contribution in [0.5, 0.6) is 0 Å². The molecule has 52 heavy (non-hydrogen) atoms. The van der Waals surface area contributed by atoms with Crippen molar-refractivity contribution in [2.45, 2.75) is 52.0 Å². The molecule has 258 valence electrons. The Balaban J connectivity index is 1.26. The summed E-state index contributed by atoms with van der Waals surface area (Å²) in [6.45, 7) is 3.22. The van der Waals surface area contributed by atoms with Gasteiger partial charge in [0.05, 0.1) is 0 Å². The number of carboxylic acids is 1. The Hall–Kier alpha value is -5.90. The second kappa shape index (κ2) is 16.0. The van der Waals surface area contributed by atoms with Crippen LogP contribution in [0.1, 0.15) is 50.3 Å². The number of carbonyl (C=O) groups is 1. The van der Waals surface area contributed by atoms with Crippen LogP contribution in [0.15, 0.2) is 139 Å². The van der Waals surface area contributed by atoms with Crippen LogP contribution in [-0.4, -0.2) is 15.6 Å². The molecule has 5 nitrogen and oxygen atoms in total. The van der Waals surface area contributed by atoms with Gasteiger partial charge in [-0.25, -0.2) is 4.79 Å². The van der Waals surface area contributed by atoms with Crippen LogP contribution < -0.4 is 4.90 Å². The van der Waals surface area contributed by atoms with Gasteiger partial charge in [0.25, 0.3) is 0 Å². The molecule has 0 saturated carbocycles. The number of thiophene rings is 1. The van der Waals surface area contributed by atoms with Crippen LogP contribution in [-0.2, 0) is 11.3 Å². The summed E-state index contributed by atoms with van der Waals surface area (Å²) >= 11 is 1.49. The molecule has 2 heterocycles. The average molecular weight is 700 g/mol. The summed E-state index contributed by atoms with van der Waals surface area (Å²) in [5, 5.41) is 21.0. The summed E-state index contributed by atoms with van der Waals surface area (Å²) < 4.78 is 2.48. The highest BCUT2D eigenvalue weighted by Crippen LogP contribution is 2.39. The summed E-state index contributed by atoms with van der Waals surface area (Å²) in [6.07, 6.45) is 8.91. The first-order valence-electron chi connectivity index (χ1n) is 18.1. The lowest BCUT2D eigenvalue weighted by molar-refractivity contribution is -0.132. The molecule has 1 N–H and O–H groups in total. The average Bonchev–Trinajstić information content (AvgIpc) is 3.78. The number of para-hydroxylation sites is 2. The molecule has 7 rings (SSSR count). The van der Waals surface area contributed by atoms with Gasteiger partial charge in [0.2, 0.25) is 0 Å². The molecule has 0 radical (unpaired) electrons. The van der Waals surface area contributed by atoms with Gasteiger partial charge in [-0.2, -0.15) is 5.26 Å². The smallest absolute Gasteiger partial charge is 0.346 e. The zero-order valence-corrected chi connectivity index (χ0v) is 30.2. The summed E-state index contributed by atoms with van der Waals surface area (Å²) in [5.74, 6) is -1.22. The lowest BCUT2D eigenvalue weighted by Crippen LogP contribution is -2.09. The third-order valence-electron chi connectivity index (χ3n) is 9.64. The molecule has 0 aliphatic heterocycles. The van der Waals surface area contributed by atoms with Crippen molar-refractivity contribution < 1.29 is 9.90 Å². The van der Waals surface area contributed by atoms with Crippen LogP contribution in [0.3, 0.4) is 0 Å². The normalized spacial score (nSPS) is 11.6. The first kappa shape index (κ1) is 34.5. The Kier molecular flexibility index (Phi) is 10.6. The molecular formula is C46H41N3O2S. The van der Waals surface area contributed by atoms with Crippen LogP contribution in [0.4, 0.5) is 17.1 Å². The zero-order valence-electron chi connectivity index (χ0n) is 29.3. The van der Waals surface area contributed by atoms with Crippen molar-refractivity contribution >= 4 is 62.3 Å². The molecule has 0 atom stereocenters. The Morgan fingerprint density at radius 1 is 0.692 bits per heavy atom. The lowest BCUT2D eigenvalue weighted by atomic mass is 10.0. The molecule has 0 amide bonds. The quantitative estimate of drug-likeness (QED) is 0.0697. The number of carboxylic acid groups (broad SMARTS) is 1. The van der Waals surface area contributed by atoms with Gasteiger partial charge in [0.1, 0.15) is 11.6 Å². The standard InChI is InChI=1S/C46H41N3O2S/c1-2-3-4-5-6-13-28-48-43-25-20-34(33-18-22-39(23-19-33)49(37-14-9-7-10-15-37)38-16-11-8-12-17-38)30-41(43)42-31-35(21-26-44(42)48)45-27-24-40(52-45)29-36(32-47)46(50)51/h7-12,14-27,29-31H,2-6,13,28H2,1H3,(H,50,51)/b36-29-. The third kappa shape index (κ3) is 7.42. The summed E-state index contributed by atoms with van der Waals surface area (Å²) in [7, 11) is 0. The summed E-state index contributed by atoms with van der Waals surface area (Å²) in [6, 6.07) is 48.9. The van der Waals surface area contributed by atoms with Crippen molar-refractivity contribution in [3.63, 3.8) is 0 Å². The molecule has 0 aliphatic rings. The Bertz CT molecular complexity index is 2340. The molecule has 0 spiro atoms. The fourth-order valence-corrected chi connectivity index (χ4v) is 7.95. The summed E-state index contributed by atoms with van der Waals surface area (Å²) in [5.41, 5.74) is 8.88. The Labute approximate surface area is 309 Å². The van der Waals surface area contributed by atoms with Gasteiger partial charge in [-0.3, -0.25) is 0 Å². The number of aromatic nitrogens is 1. The van der Waals surface area contributed by atoms with Crippen molar-refractivity contribution in [3.05, 3.63) is 144 Å². The summed E-state index contributed by atoms with van der Waals surface area (Å²) in [4.78, 5) is 15.5. The number of aliphatic carboxylic acids is 1. The van der Waals surface area contributed by atoms with Gasteiger partial charge in [-0.05, 0) is 102 Å². The fraction of sp³-hybridized carbons (Fsp3) is 0.174. The number of unbranched alkanes of at least 4 members (excludes halogenated alkanes) is 5. The molecule has 0 fully saturated rings. The predicted molar refractivity (Wildman–Crippen MR) is 217 cm³/mol. The number of fused-ring (bicyclic) bond motifs is 3. The maximum atomic E-state index is 11.4. The highest BCUT2D eigenvalue weighted by atomic mass is 32.1. The highest BCUT2D eigenvalue weighted by molar-refractivity contribution is 7.16. The number of nitriles is 1. The van der Waals surface area contributed by atoms with E-state index in [1.54, 1.807) is 6.07 Å². The fourth-order valence-electron chi connectivity index (χ4n) is 7.00. The zero-order chi connectivity index (χ0) is 35.9. The molecule has 5 aromatic carbocycles. The third-order valence-corrected chi connectivity index (χ3v) is 10.7. The van der Waals surface area contributed by atoms with E-state index in [-0.39, 0.29) is 5.57 Å². The number of benzene rings is 5. The van der Waals surface area contributed by atoms with Crippen molar-refractivity contribution in [2.24, 2.45) is 0 Å². The number of anilines is 3. The minimum absolute atomic E-state index is 0.269. The van der Waals surface area contributed by atoms with Gasteiger partial charge < -0.3 is 14.6 Å². The highest BCUT2D eigenvalue weighted by Gasteiger charge is 2.16. The molecule has 0 unspecified atom stereocenters. The van der Waals surface area contributed by atoms with Gasteiger partial charge in [0.15, 0.2) is 0 Å². The van der Waals surface area contributed by atoms with Crippen molar-refractivity contribution in [1.29, 1.82) is 5.26 Å². The largest absolute Gasteiger partial charge is 0.477 e. The van der Waals surface area contributed by atoms with E-state index >= 15 is 0 Å². The minimum atomic E-state index is -1.22. The van der Waals surface area contributed by atoms with E-state index in [2.05, 4.69) is 126 Å². The lowest BCUT2D eigenvalue weighted by Gasteiger charge is -2.25. The number of rotatable bonds is 14. The van der Waals surface area contributed by atoms with Gasteiger partial charge in [0, 0.05) is 55.2 Å². The Morgan fingerprint density at radius 2 is 1.25 bits per heavy atom. The number of nitrogens with zero attached hydrogens (tertiary/aromatic N) is 3. The van der Waals surface area contributed by atoms with E-state index in [9.17, 15) is 15.2 Å². The number of hydrogen-bond donors (Lipinski definition) is 1. The van der Waals surface area contributed by atoms with Crippen LogP contribution >= 0.6 is 11.3 Å². The van der Waals surface area contributed by atoms with E-state index in [4.69, 9.17) is 0 Å².